The molecular weight excluding hydrogens is 550 g/mol. The van der Waals surface area contributed by atoms with Crippen molar-refractivity contribution in [1.82, 2.24) is 0 Å². The van der Waals surface area contributed by atoms with Gasteiger partial charge in [-0.25, -0.2) is 0 Å². The SMILES string of the molecule is O=P(OCc1ccccc1)(OCc1ccccc1)C(O)C(O)P(=O)(OCc1ccccc1)OCc1ccccc1. The van der Waals surface area contributed by atoms with Crippen molar-refractivity contribution in [3.63, 3.8) is 0 Å². The normalized spacial score (nSPS) is 13.6. The highest BCUT2D eigenvalue weighted by Crippen LogP contribution is 2.63. The van der Waals surface area contributed by atoms with Gasteiger partial charge in [-0.2, -0.15) is 0 Å². The van der Waals surface area contributed by atoms with E-state index in [1.807, 2.05) is 24.3 Å². The number of hydrogen-bond acceptors (Lipinski definition) is 8. The lowest BCUT2D eigenvalue weighted by Crippen LogP contribution is -2.29. The Hall–Kier alpha value is -2.90. The van der Waals surface area contributed by atoms with E-state index in [1.54, 1.807) is 97.1 Å². The third-order valence-corrected chi connectivity index (χ3v) is 9.98. The predicted molar refractivity (Wildman–Crippen MR) is 152 cm³/mol. The first-order chi connectivity index (χ1) is 19.4. The minimum Gasteiger partial charge on any atom is -0.378 e. The van der Waals surface area contributed by atoms with Crippen LogP contribution in [0.25, 0.3) is 0 Å². The highest BCUT2D eigenvalue weighted by atomic mass is 31.2. The van der Waals surface area contributed by atoms with Crippen LogP contribution in [0.2, 0.25) is 0 Å². The van der Waals surface area contributed by atoms with E-state index in [9.17, 15) is 19.3 Å². The van der Waals surface area contributed by atoms with Crippen molar-refractivity contribution in [2.24, 2.45) is 0 Å². The second kappa shape index (κ2) is 14.6. The van der Waals surface area contributed by atoms with Crippen molar-refractivity contribution in [3.8, 4) is 0 Å². The lowest BCUT2D eigenvalue weighted by atomic mass is 10.2. The van der Waals surface area contributed by atoms with Crippen LogP contribution in [-0.2, 0) is 53.7 Å². The molecule has 4 aromatic rings. The van der Waals surface area contributed by atoms with E-state index in [4.69, 9.17) is 18.1 Å². The Morgan fingerprint density at radius 1 is 0.425 bits per heavy atom. The van der Waals surface area contributed by atoms with E-state index in [0.29, 0.717) is 22.3 Å². The Morgan fingerprint density at radius 2 is 0.625 bits per heavy atom. The van der Waals surface area contributed by atoms with Crippen molar-refractivity contribution in [2.75, 3.05) is 0 Å². The van der Waals surface area contributed by atoms with Crippen LogP contribution in [0.4, 0.5) is 0 Å². The fraction of sp³-hybridized carbons (Fsp3) is 0.200. The fourth-order valence-electron chi connectivity index (χ4n) is 3.66. The van der Waals surface area contributed by atoms with Crippen molar-refractivity contribution >= 4 is 15.2 Å². The largest absolute Gasteiger partial charge is 0.378 e. The Kier molecular flexibility index (Phi) is 11.0. The molecule has 2 unspecified atom stereocenters. The van der Waals surface area contributed by atoms with Gasteiger partial charge in [0.2, 0.25) is 0 Å². The average Bonchev–Trinajstić information content (AvgIpc) is 3.02. The molecule has 2 N–H and O–H groups in total. The topological polar surface area (TPSA) is 112 Å². The van der Waals surface area contributed by atoms with Gasteiger partial charge in [-0.05, 0) is 22.3 Å². The van der Waals surface area contributed by atoms with Gasteiger partial charge in [-0.3, -0.25) is 9.13 Å². The Morgan fingerprint density at radius 3 is 0.825 bits per heavy atom. The molecule has 4 rings (SSSR count). The van der Waals surface area contributed by atoms with Crippen LogP contribution in [0, 0.1) is 0 Å². The maximum absolute atomic E-state index is 14.0. The quantitative estimate of drug-likeness (QED) is 0.146. The molecule has 0 aliphatic carbocycles. The van der Waals surface area contributed by atoms with Crippen molar-refractivity contribution in [2.45, 2.75) is 38.1 Å². The smallest absolute Gasteiger partial charge is 0.362 e. The molecule has 0 aromatic heterocycles. The predicted octanol–water partition coefficient (Wildman–Crippen LogP) is 6.88. The van der Waals surface area contributed by atoms with Crippen LogP contribution in [0.5, 0.6) is 0 Å². The summed E-state index contributed by atoms with van der Waals surface area (Å²) in [5, 5.41) is 22.5. The summed E-state index contributed by atoms with van der Waals surface area (Å²) in [5.41, 5.74) is 2.65. The molecule has 0 fully saturated rings. The van der Waals surface area contributed by atoms with E-state index in [1.165, 1.54) is 0 Å². The molecule has 0 amide bonds. The van der Waals surface area contributed by atoms with Gasteiger partial charge in [-0.1, -0.05) is 121 Å². The zero-order valence-corrected chi connectivity index (χ0v) is 23.6. The number of rotatable bonds is 15. The van der Waals surface area contributed by atoms with Gasteiger partial charge in [0.25, 0.3) is 0 Å². The van der Waals surface area contributed by atoms with Gasteiger partial charge >= 0.3 is 15.2 Å². The summed E-state index contributed by atoms with van der Waals surface area (Å²) in [7, 11) is -9.02. The first kappa shape index (κ1) is 30.1. The van der Waals surface area contributed by atoms with Crippen molar-refractivity contribution in [3.05, 3.63) is 144 Å². The van der Waals surface area contributed by atoms with E-state index < -0.39 is 26.9 Å². The lowest BCUT2D eigenvalue weighted by molar-refractivity contribution is 0.0486. The summed E-state index contributed by atoms with van der Waals surface area (Å²) in [6.07, 6.45) is 0. The van der Waals surface area contributed by atoms with Crippen LogP contribution in [0.3, 0.4) is 0 Å². The van der Waals surface area contributed by atoms with E-state index in [2.05, 4.69) is 0 Å². The third kappa shape index (κ3) is 8.55. The molecule has 0 aliphatic heterocycles. The molecule has 0 bridgehead atoms. The van der Waals surface area contributed by atoms with Gasteiger partial charge in [0.1, 0.15) is 0 Å². The van der Waals surface area contributed by atoms with Gasteiger partial charge in [0.05, 0.1) is 26.4 Å². The van der Waals surface area contributed by atoms with Gasteiger partial charge in [0.15, 0.2) is 11.7 Å². The molecule has 0 saturated heterocycles. The molecule has 40 heavy (non-hydrogen) atoms. The fourth-order valence-corrected chi connectivity index (χ4v) is 7.37. The van der Waals surface area contributed by atoms with Gasteiger partial charge in [-0.15, -0.1) is 0 Å². The summed E-state index contributed by atoms with van der Waals surface area (Å²) in [4.78, 5) is 0. The van der Waals surface area contributed by atoms with Crippen LogP contribution in [0.1, 0.15) is 22.3 Å². The average molecular weight is 583 g/mol. The van der Waals surface area contributed by atoms with Gasteiger partial charge < -0.3 is 28.3 Å². The molecule has 10 heteroatoms. The molecule has 2 atom stereocenters. The second-order valence-electron chi connectivity index (χ2n) is 8.94. The molecule has 4 aromatic carbocycles. The molecule has 210 valence electrons. The van der Waals surface area contributed by atoms with Gasteiger partial charge in [0, 0.05) is 0 Å². The minimum atomic E-state index is -4.51. The molecule has 0 aliphatic rings. The van der Waals surface area contributed by atoms with Crippen LogP contribution in [-0.4, -0.2) is 21.9 Å². The van der Waals surface area contributed by atoms with E-state index in [-0.39, 0.29) is 26.4 Å². The first-order valence-corrected chi connectivity index (χ1v) is 15.9. The summed E-state index contributed by atoms with van der Waals surface area (Å²) >= 11 is 0. The summed E-state index contributed by atoms with van der Waals surface area (Å²) < 4.78 is 50.5. The first-order valence-electron chi connectivity index (χ1n) is 12.7. The molecule has 0 heterocycles. The van der Waals surface area contributed by atoms with Crippen LogP contribution in [0.15, 0.2) is 121 Å². The zero-order valence-electron chi connectivity index (χ0n) is 21.8. The minimum absolute atomic E-state index is 0.184. The van der Waals surface area contributed by atoms with Crippen LogP contribution < -0.4 is 0 Å². The third-order valence-electron chi connectivity index (χ3n) is 5.93. The van der Waals surface area contributed by atoms with Crippen molar-refractivity contribution < 1.29 is 37.4 Å². The maximum Gasteiger partial charge on any atom is 0.362 e. The number of aliphatic hydroxyl groups excluding tert-OH is 2. The highest BCUT2D eigenvalue weighted by molar-refractivity contribution is 7.58. The standard InChI is InChI=1S/C30H32O8P2/c31-29(39(33,35-21-25-13-5-1-6-14-25)36-22-26-15-7-2-8-16-26)30(32)40(34,37-23-27-17-9-3-10-18-27)38-24-28-19-11-4-12-20-28/h1-20,29-32H,21-24H2. The summed E-state index contributed by atoms with van der Waals surface area (Å²) in [6, 6.07) is 35.5. The highest BCUT2D eigenvalue weighted by Gasteiger charge is 2.50. The molecule has 0 radical (unpaired) electrons. The molecule has 8 nitrogen and oxygen atoms in total. The Balaban J connectivity index is 1.58. The summed E-state index contributed by atoms with van der Waals surface area (Å²) in [6.45, 7) is -0.735. The second-order valence-corrected chi connectivity index (χ2v) is 13.2. The molecule has 0 spiro atoms. The zero-order chi connectivity index (χ0) is 28.3. The Bertz CT molecular complexity index is 1180. The van der Waals surface area contributed by atoms with Crippen molar-refractivity contribution in [1.29, 1.82) is 0 Å². The maximum atomic E-state index is 14.0. The number of aliphatic hydroxyl groups is 2. The lowest BCUT2D eigenvalue weighted by Gasteiger charge is -2.30. The summed E-state index contributed by atoms with van der Waals surface area (Å²) in [5.74, 6) is -4.48. The monoisotopic (exact) mass is 582 g/mol. The molecule has 0 saturated carbocycles. The number of benzene rings is 4. The molecular formula is C30H32O8P2. The van der Waals surface area contributed by atoms with E-state index in [0.717, 1.165) is 0 Å². The number of hydrogen-bond donors (Lipinski definition) is 2. The van der Waals surface area contributed by atoms with Crippen LogP contribution >= 0.6 is 15.2 Å². The Labute approximate surface area is 234 Å². The van der Waals surface area contributed by atoms with E-state index >= 15 is 0 Å².